The second kappa shape index (κ2) is 5.36. The van der Waals surface area contributed by atoms with Gasteiger partial charge in [0.15, 0.2) is 0 Å². The number of anilines is 1. The number of hydrogen-bond acceptors (Lipinski definition) is 2. The van der Waals surface area contributed by atoms with E-state index in [0.717, 1.165) is 18.7 Å². The van der Waals surface area contributed by atoms with Gasteiger partial charge >= 0.3 is 0 Å². The maximum atomic E-state index is 6.02. The Hall–Kier alpha value is -0.760. The van der Waals surface area contributed by atoms with Crippen molar-refractivity contribution >= 4 is 17.4 Å². The molecule has 0 aliphatic carbocycles. The van der Waals surface area contributed by atoms with E-state index in [1.807, 2.05) is 18.3 Å². The van der Waals surface area contributed by atoms with Gasteiger partial charge in [0.25, 0.3) is 0 Å². The number of aromatic nitrogens is 1. The molecule has 0 bridgehead atoms. The summed E-state index contributed by atoms with van der Waals surface area (Å²) in [4.78, 5) is 4.30. The van der Waals surface area contributed by atoms with Gasteiger partial charge in [-0.15, -0.1) is 11.6 Å². The van der Waals surface area contributed by atoms with Crippen LogP contribution in [0.5, 0.6) is 0 Å². The Balaban J connectivity index is 2.82. The van der Waals surface area contributed by atoms with E-state index in [4.69, 9.17) is 11.6 Å². The van der Waals surface area contributed by atoms with Crippen LogP contribution in [0.15, 0.2) is 18.3 Å². The van der Waals surface area contributed by atoms with Crippen molar-refractivity contribution in [3.05, 3.63) is 23.9 Å². The Kier molecular flexibility index (Phi) is 4.40. The predicted octanol–water partition coefficient (Wildman–Crippen LogP) is 3.60. The molecule has 0 aromatic carbocycles. The summed E-state index contributed by atoms with van der Waals surface area (Å²) in [7, 11) is 0. The molecule has 0 amide bonds. The molecule has 0 atom stereocenters. The summed E-state index contributed by atoms with van der Waals surface area (Å²) in [5.74, 6) is 1.52. The van der Waals surface area contributed by atoms with Crippen molar-refractivity contribution in [2.24, 2.45) is 0 Å². The van der Waals surface area contributed by atoms with Gasteiger partial charge in [-0.1, -0.05) is 13.8 Å². The van der Waals surface area contributed by atoms with Crippen molar-refractivity contribution in [2.45, 2.75) is 39.2 Å². The highest BCUT2D eigenvalue weighted by Gasteiger charge is 2.24. The van der Waals surface area contributed by atoms with Crippen LogP contribution in [0.3, 0.4) is 0 Å². The SMILES string of the molecule is CCC(CC)(CCl)Nc1cc(C)ccn1. The maximum Gasteiger partial charge on any atom is 0.126 e. The fourth-order valence-corrected chi connectivity index (χ4v) is 1.97. The van der Waals surface area contributed by atoms with Crippen molar-refractivity contribution < 1.29 is 0 Å². The number of pyridine rings is 1. The molecule has 0 aliphatic heterocycles. The maximum absolute atomic E-state index is 6.02. The lowest BCUT2D eigenvalue weighted by Crippen LogP contribution is -2.39. The van der Waals surface area contributed by atoms with Crippen LogP contribution in [-0.2, 0) is 0 Å². The van der Waals surface area contributed by atoms with Gasteiger partial charge in [-0.3, -0.25) is 0 Å². The molecule has 0 saturated carbocycles. The summed E-state index contributed by atoms with van der Waals surface area (Å²) < 4.78 is 0. The molecule has 1 N–H and O–H groups in total. The second-order valence-electron chi connectivity index (χ2n) is 3.96. The van der Waals surface area contributed by atoms with E-state index < -0.39 is 0 Å². The molecule has 0 radical (unpaired) electrons. The van der Waals surface area contributed by atoms with Gasteiger partial charge in [0, 0.05) is 12.1 Å². The van der Waals surface area contributed by atoms with Crippen LogP contribution in [0, 0.1) is 6.92 Å². The minimum atomic E-state index is -0.0254. The van der Waals surface area contributed by atoms with E-state index in [0.29, 0.717) is 5.88 Å². The standard InChI is InChI=1S/C12H19ClN2/c1-4-12(5-2,9-13)15-11-8-10(3)6-7-14-11/h6-8H,4-5,9H2,1-3H3,(H,14,15). The number of hydrogen-bond donors (Lipinski definition) is 1. The van der Waals surface area contributed by atoms with E-state index in [2.05, 4.69) is 31.1 Å². The number of alkyl halides is 1. The van der Waals surface area contributed by atoms with Crippen LogP contribution in [0.25, 0.3) is 0 Å². The first-order chi connectivity index (χ1) is 7.15. The molecule has 0 unspecified atom stereocenters. The molecule has 1 aromatic rings. The van der Waals surface area contributed by atoms with E-state index in [1.54, 1.807) is 0 Å². The van der Waals surface area contributed by atoms with Gasteiger partial charge in [0.1, 0.15) is 5.82 Å². The Morgan fingerprint density at radius 2 is 2.07 bits per heavy atom. The third-order valence-electron chi connectivity index (χ3n) is 2.92. The normalized spacial score (nSPS) is 11.5. The van der Waals surface area contributed by atoms with Crippen LogP contribution in [0.4, 0.5) is 5.82 Å². The summed E-state index contributed by atoms with van der Waals surface area (Å²) in [6.07, 6.45) is 3.83. The summed E-state index contributed by atoms with van der Waals surface area (Å²) in [6, 6.07) is 4.04. The first-order valence-corrected chi connectivity index (χ1v) is 5.96. The highest BCUT2D eigenvalue weighted by molar-refractivity contribution is 6.18. The van der Waals surface area contributed by atoms with Crippen LogP contribution in [0.1, 0.15) is 32.3 Å². The molecule has 1 heterocycles. The Bertz CT molecular complexity index is 300. The van der Waals surface area contributed by atoms with Crippen molar-refractivity contribution in [1.82, 2.24) is 4.98 Å². The molecule has 0 aliphatic rings. The van der Waals surface area contributed by atoms with E-state index in [1.165, 1.54) is 5.56 Å². The molecule has 1 aromatic heterocycles. The topological polar surface area (TPSA) is 24.9 Å². The van der Waals surface area contributed by atoms with Crippen molar-refractivity contribution in [3.8, 4) is 0 Å². The van der Waals surface area contributed by atoms with Crippen LogP contribution < -0.4 is 5.32 Å². The lowest BCUT2D eigenvalue weighted by molar-refractivity contribution is 0.482. The zero-order valence-electron chi connectivity index (χ0n) is 9.68. The molecular weight excluding hydrogens is 208 g/mol. The molecule has 15 heavy (non-hydrogen) atoms. The van der Waals surface area contributed by atoms with Crippen LogP contribution in [-0.4, -0.2) is 16.4 Å². The fourth-order valence-electron chi connectivity index (χ4n) is 1.53. The highest BCUT2D eigenvalue weighted by Crippen LogP contribution is 2.22. The van der Waals surface area contributed by atoms with E-state index in [9.17, 15) is 0 Å². The largest absolute Gasteiger partial charge is 0.363 e. The van der Waals surface area contributed by atoms with Crippen LogP contribution in [0.2, 0.25) is 0 Å². The average Bonchev–Trinajstić information content (AvgIpc) is 2.26. The fraction of sp³-hybridized carbons (Fsp3) is 0.583. The predicted molar refractivity (Wildman–Crippen MR) is 66.6 cm³/mol. The minimum Gasteiger partial charge on any atom is -0.363 e. The molecule has 3 heteroatoms. The number of nitrogens with zero attached hydrogens (tertiary/aromatic N) is 1. The Labute approximate surface area is 97.1 Å². The van der Waals surface area contributed by atoms with Crippen molar-refractivity contribution in [3.63, 3.8) is 0 Å². The van der Waals surface area contributed by atoms with Crippen molar-refractivity contribution in [2.75, 3.05) is 11.2 Å². The third-order valence-corrected chi connectivity index (χ3v) is 3.43. The van der Waals surface area contributed by atoms with Gasteiger partial charge in [0.2, 0.25) is 0 Å². The van der Waals surface area contributed by atoms with Gasteiger partial charge in [0.05, 0.1) is 5.54 Å². The van der Waals surface area contributed by atoms with E-state index in [-0.39, 0.29) is 5.54 Å². The Morgan fingerprint density at radius 1 is 1.40 bits per heavy atom. The number of nitrogens with one attached hydrogen (secondary N) is 1. The molecule has 0 saturated heterocycles. The first-order valence-electron chi connectivity index (χ1n) is 5.42. The number of aryl methyl sites for hydroxylation is 1. The molecular formula is C12H19ClN2. The quantitative estimate of drug-likeness (QED) is 0.777. The highest BCUT2D eigenvalue weighted by atomic mass is 35.5. The zero-order valence-corrected chi connectivity index (χ0v) is 10.4. The second-order valence-corrected chi connectivity index (χ2v) is 4.23. The smallest absolute Gasteiger partial charge is 0.126 e. The summed E-state index contributed by atoms with van der Waals surface area (Å²) >= 11 is 6.02. The van der Waals surface area contributed by atoms with Crippen molar-refractivity contribution in [1.29, 1.82) is 0 Å². The number of rotatable bonds is 5. The first kappa shape index (κ1) is 12.3. The van der Waals surface area contributed by atoms with Gasteiger partial charge in [-0.25, -0.2) is 4.98 Å². The third kappa shape index (κ3) is 3.10. The molecule has 84 valence electrons. The van der Waals surface area contributed by atoms with Gasteiger partial charge in [-0.05, 0) is 37.5 Å². The Morgan fingerprint density at radius 3 is 2.53 bits per heavy atom. The molecule has 0 spiro atoms. The molecule has 1 rings (SSSR count). The lowest BCUT2D eigenvalue weighted by Gasteiger charge is -2.31. The van der Waals surface area contributed by atoms with Crippen LogP contribution >= 0.6 is 11.6 Å². The lowest BCUT2D eigenvalue weighted by atomic mass is 9.95. The molecule has 0 fully saturated rings. The summed E-state index contributed by atoms with van der Waals surface area (Å²) in [6.45, 7) is 6.36. The van der Waals surface area contributed by atoms with Gasteiger partial charge in [-0.2, -0.15) is 0 Å². The average molecular weight is 227 g/mol. The minimum absolute atomic E-state index is 0.0254. The zero-order chi connectivity index (χ0) is 11.3. The van der Waals surface area contributed by atoms with Gasteiger partial charge < -0.3 is 5.32 Å². The summed E-state index contributed by atoms with van der Waals surface area (Å²) in [5.41, 5.74) is 1.19. The summed E-state index contributed by atoms with van der Waals surface area (Å²) in [5, 5.41) is 3.44. The number of halogens is 1. The molecule has 2 nitrogen and oxygen atoms in total. The van der Waals surface area contributed by atoms with E-state index >= 15 is 0 Å². The monoisotopic (exact) mass is 226 g/mol.